The van der Waals surface area contributed by atoms with Gasteiger partial charge in [-0.2, -0.15) is 0 Å². The summed E-state index contributed by atoms with van der Waals surface area (Å²) >= 11 is 0. The van der Waals surface area contributed by atoms with E-state index in [-0.39, 0.29) is 36.2 Å². The summed E-state index contributed by atoms with van der Waals surface area (Å²) in [6.45, 7) is 5.70. The third-order valence-electron chi connectivity index (χ3n) is 8.60. The van der Waals surface area contributed by atoms with E-state index in [0.29, 0.717) is 75.3 Å². The quantitative estimate of drug-likeness (QED) is 0.485. The van der Waals surface area contributed by atoms with Crippen LogP contribution < -0.4 is 4.74 Å². The van der Waals surface area contributed by atoms with Crippen molar-refractivity contribution >= 4 is 23.7 Å². The third kappa shape index (κ3) is 5.86. The molecule has 3 aliphatic heterocycles. The van der Waals surface area contributed by atoms with Crippen molar-refractivity contribution < 1.29 is 33.4 Å². The van der Waals surface area contributed by atoms with Crippen molar-refractivity contribution in [1.29, 1.82) is 0 Å². The Bertz CT molecular complexity index is 1330. The molecular formula is C32H39N3O7. The molecular weight excluding hydrogens is 538 g/mol. The Hall–Kier alpha value is -3.92. The molecule has 42 heavy (non-hydrogen) atoms. The van der Waals surface area contributed by atoms with Crippen molar-refractivity contribution in [1.82, 2.24) is 14.7 Å². The number of carbonyl (C=O) groups is 4. The number of methoxy groups -OCH3 is 1. The van der Waals surface area contributed by atoms with Crippen LogP contribution in [0.25, 0.3) is 0 Å². The molecule has 2 aromatic rings. The van der Waals surface area contributed by atoms with Crippen LogP contribution >= 0.6 is 0 Å². The van der Waals surface area contributed by atoms with Crippen molar-refractivity contribution in [3.8, 4) is 5.75 Å². The van der Waals surface area contributed by atoms with Gasteiger partial charge in [-0.15, -0.1) is 0 Å². The number of likely N-dealkylation sites (tertiary alicyclic amines) is 2. The Balaban J connectivity index is 1.35. The second-order valence-electron chi connectivity index (χ2n) is 11.2. The van der Waals surface area contributed by atoms with Gasteiger partial charge in [-0.05, 0) is 57.0 Å². The molecule has 10 nitrogen and oxygen atoms in total. The minimum atomic E-state index is -1.00. The molecule has 0 N–H and O–H groups in total. The Kier molecular flexibility index (Phi) is 8.82. The number of carbonyl (C=O) groups excluding carboxylic acids is 4. The number of ether oxygens (including phenoxy) is 3. The van der Waals surface area contributed by atoms with Gasteiger partial charge in [0.2, 0.25) is 5.91 Å². The van der Waals surface area contributed by atoms with Gasteiger partial charge in [-0.3, -0.25) is 24.1 Å². The van der Waals surface area contributed by atoms with E-state index in [0.717, 1.165) is 5.56 Å². The van der Waals surface area contributed by atoms with E-state index < -0.39 is 11.8 Å². The molecule has 2 aromatic carbocycles. The summed E-state index contributed by atoms with van der Waals surface area (Å²) in [4.78, 5) is 58.7. The number of piperidine rings is 2. The highest BCUT2D eigenvalue weighted by Crippen LogP contribution is 2.40. The van der Waals surface area contributed by atoms with Gasteiger partial charge in [-0.25, -0.2) is 0 Å². The summed E-state index contributed by atoms with van der Waals surface area (Å²) < 4.78 is 16.8. The molecule has 3 heterocycles. The molecule has 0 aromatic heterocycles. The second kappa shape index (κ2) is 12.5. The fourth-order valence-corrected chi connectivity index (χ4v) is 6.28. The number of esters is 1. The molecule has 1 unspecified atom stereocenters. The first-order chi connectivity index (χ1) is 20.3. The number of nitrogens with zero attached hydrogens (tertiary/aromatic N) is 3. The van der Waals surface area contributed by atoms with E-state index in [9.17, 15) is 19.2 Å². The number of aryl methyl sites for hydroxylation is 1. The summed E-state index contributed by atoms with van der Waals surface area (Å²) in [5.74, 6) is -0.393. The van der Waals surface area contributed by atoms with Gasteiger partial charge in [0.15, 0.2) is 0 Å². The van der Waals surface area contributed by atoms with Gasteiger partial charge in [0.05, 0.1) is 26.2 Å². The lowest BCUT2D eigenvalue weighted by Crippen LogP contribution is -2.60. The van der Waals surface area contributed by atoms with E-state index in [1.165, 1.54) is 0 Å². The Morgan fingerprint density at radius 1 is 0.905 bits per heavy atom. The van der Waals surface area contributed by atoms with E-state index in [1.807, 2.05) is 25.1 Å². The van der Waals surface area contributed by atoms with Crippen LogP contribution in [0.4, 0.5) is 0 Å². The zero-order valence-electron chi connectivity index (χ0n) is 24.5. The van der Waals surface area contributed by atoms with Crippen molar-refractivity contribution in [2.75, 3.05) is 46.5 Å². The molecule has 1 spiro atoms. The lowest BCUT2D eigenvalue weighted by atomic mass is 9.94. The minimum absolute atomic E-state index is 0.0814. The van der Waals surface area contributed by atoms with Gasteiger partial charge in [-0.1, -0.05) is 23.8 Å². The zero-order chi connectivity index (χ0) is 29.9. The zero-order valence-corrected chi connectivity index (χ0v) is 24.5. The van der Waals surface area contributed by atoms with Crippen LogP contribution in [0, 0.1) is 12.8 Å². The Morgan fingerprint density at radius 3 is 2.21 bits per heavy atom. The summed E-state index contributed by atoms with van der Waals surface area (Å²) in [6.07, 6.45) is 1.82. The fourth-order valence-electron chi connectivity index (χ4n) is 6.28. The highest BCUT2D eigenvalue weighted by molar-refractivity contribution is 5.99. The van der Waals surface area contributed by atoms with Gasteiger partial charge >= 0.3 is 5.97 Å². The topological polar surface area (TPSA) is 106 Å². The van der Waals surface area contributed by atoms with Crippen LogP contribution in [0.2, 0.25) is 0 Å². The summed E-state index contributed by atoms with van der Waals surface area (Å²) in [7, 11) is 1.56. The normalized spacial score (nSPS) is 20.5. The molecule has 1 atom stereocenters. The van der Waals surface area contributed by atoms with Crippen molar-refractivity contribution in [3.63, 3.8) is 0 Å². The molecule has 3 aliphatic rings. The monoisotopic (exact) mass is 577 g/mol. The maximum absolute atomic E-state index is 14.1. The maximum Gasteiger partial charge on any atom is 0.309 e. The number of hydrogen-bond acceptors (Lipinski definition) is 7. The van der Waals surface area contributed by atoms with E-state index in [2.05, 4.69) is 0 Å². The first-order valence-electron chi connectivity index (χ1n) is 14.7. The summed E-state index contributed by atoms with van der Waals surface area (Å²) in [5, 5.41) is 0. The number of hydrogen-bond donors (Lipinski definition) is 0. The van der Waals surface area contributed by atoms with Gasteiger partial charge in [0, 0.05) is 50.1 Å². The van der Waals surface area contributed by atoms with Crippen LogP contribution in [-0.2, 0) is 19.1 Å². The standard InChI is InChI=1S/C32H39N3O7/c1-4-41-31(39)23-11-15-33(16-12-23)30(38)27-21-42-32(35(27)29(37)24-8-5-7-22(2)19-24)13-17-34(18-14-32)28(36)25-9-6-10-26(20-25)40-3/h5-10,19-20,23,27H,4,11-18,21H2,1-3H3. The lowest BCUT2D eigenvalue weighted by molar-refractivity contribution is -0.152. The molecule has 10 heteroatoms. The SMILES string of the molecule is CCOC(=O)C1CCN(C(=O)C2COC3(CCN(C(=O)c4cccc(OC)c4)CC3)N2C(=O)c2cccc(C)c2)CC1. The van der Waals surface area contributed by atoms with Crippen LogP contribution in [-0.4, -0.2) is 96.7 Å². The minimum Gasteiger partial charge on any atom is -0.497 e. The number of benzene rings is 2. The van der Waals surface area contributed by atoms with Crippen LogP contribution in [0.3, 0.4) is 0 Å². The van der Waals surface area contributed by atoms with Crippen LogP contribution in [0.15, 0.2) is 48.5 Å². The molecule has 0 radical (unpaired) electrons. The first-order valence-corrected chi connectivity index (χ1v) is 14.7. The number of rotatable bonds is 6. The predicted molar refractivity (Wildman–Crippen MR) is 154 cm³/mol. The average Bonchev–Trinajstić information content (AvgIpc) is 3.38. The van der Waals surface area contributed by atoms with Crippen molar-refractivity contribution in [2.24, 2.45) is 5.92 Å². The maximum atomic E-state index is 14.1. The molecule has 0 bridgehead atoms. The van der Waals surface area contributed by atoms with E-state index >= 15 is 0 Å². The smallest absolute Gasteiger partial charge is 0.309 e. The van der Waals surface area contributed by atoms with Crippen LogP contribution in [0.1, 0.15) is 58.9 Å². The van der Waals surface area contributed by atoms with Crippen LogP contribution in [0.5, 0.6) is 5.75 Å². The average molecular weight is 578 g/mol. The lowest BCUT2D eigenvalue weighted by Gasteiger charge is -2.45. The second-order valence-corrected chi connectivity index (χ2v) is 11.2. The van der Waals surface area contributed by atoms with Crippen molar-refractivity contribution in [3.05, 3.63) is 65.2 Å². The van der Waals surface area contributed by atoms with Gasteiger partial charge < -0.3 is 24.0 Å². The van der Waals surface area contributed by atoms with Gasteiger partial charge in [0.1, 0.15) is 17.5 Å². The molecule has 0 saturated carbocycles. The van der Waals surface area contributed by atoms with Crippen molar-refractivity contribution in [2.45, 2.75) is 51.3 Å². The molecule has 3 saturated heterocycles. The summed E-state index contributed by atoms with van der Waals surface area (Å²) in [5.41, 5.74) is 0.964. The first kappa shape index (κ1) is 29.6. The Labute approximate surface area is 246 Å². The summed E-state index contributed by atoms with van der Waals surface area (Å²) in [6, 6.07) is 13.6. The molecule has 224 valence electrons. The predicted octanol–water partition coefficient (Wildman–Crippen LogP) is 3.28. The highest BCUT2D eigenvalue weighted by Gasteiger charge is 2.55. The fraction of sp³-hybridized carbons (Fsp3) is 0.500. The molecule has 5 rings (SSSR count). The van der Waals surface area contributed by atoms with E-state index in [4.69, 9.17) is 14.2 Å². The highest BCUT2D eigenvalue weighted by atomic mass is 16.5. The van der Waals surface area contributed by atoms with Gasteiger partial charge in [0.25, 0.3) is 11.8 Å². The van der Waals surface area contributed by atoms with E-state index in [1.54, 1.807) is 59.1 Å². The molecule has 3 fully saturated rings. The third-order valence-corrected chi connectivity index (χ3v) is 8.60. The largest absolute Gasteiger partial charge is 0.497 e. The molecule has 0 aliphatic carbocycles. The Morgan fingerprint density at radius 2 is 1.57 bits per heavy atom. The number of amides is 3. The molecule has 3 amide bonds.